The van der Waals surface area contributed by atoms with Gasteiger partial charge >= 0.3 is 11.9 Å². The summed E-state index contributed by atoms with van der Waals surface area (Å²) >= 11 is 0. The number of rotatable bonds is 5. The van der Waals surface area contributed by atoms with Crippen LogP contribution < -0.4 is 5.73 Å². The molecule has 2 heterocycles. The minimum atomic E-state index is -0.493. The van der Waals surface area contributed by atoms with E-state index < -0.39 is 18.0 Å². The zero-order chi connectivity index (χ0) is 17.3. The maximum Gasteiger partial charge on any atom is 0.303 e. The summed E-state index contributed by atoms with van der Waals surface area (Å²) in [7, 11) is 0. The number of hydrogen-bond donors (Lipinski definition) is 1. The highest BCUT2D eigenvalue weighted by Gasteiger charge is 2.40. The van der Waals surface area contributed by atoms with Gasteiger partial charge in [-0.05, 0) is 12.0 Å². The fourth-order valence-corrected chi connectivity index (χ4v) is 2.50. The summed E-state index contributed by atoms with van der Waals surface area (Å²) in [5.74, 6) is -0.500. The van der Waals surface area contributed by atoms with Gasteiger partial charge in [0.1, 0.15) is 25.4 Å². The first-order valence-corrected chi connectivity index (χ1v) is 7.40. The third kappa shape index (κ3) is 3.34. The van der Waals surface area contributed by atoms with E-state index in [0.717, 1.165) is 12.0 Å². The molecule has 9 nitrogen and oxygen atoms in total. The van der Waals surface area contributed by atoms with Crippen molar-refractivity contribution < 1.29 is 19.1 Å². The largest absolute Gasteiger partial charge is 0.462 e. The van der Waals surface area contributed by atoms with Crippen LogP contribution in [0.1, 0.15) is 20.3 Å². The number of imidazole rings is 1. The molecule has 0 spiro atoms. The molecule has 0 unspecified atom stereocenters. The Bertz CT molecular complexity index is 828. The number of aromatic nitrogens is 4. The smallest absolute Gasteiger partial charge is 0.303 e. The van der Waals surface area contributed by atoms with Crippen LogP contribution in [0.25, 0.3) is 17.4 Å². The van der Waals surface area contributed by atoms with Gasteiger partial charge < -0.3 is 15.2 Å². The normalized spacial score (nSPS) is 19.2. The molecule has 2 N–H and O–H groups in total. The third-order valence-corrected chi connectivity index (χ3v) is 3.68. The first-order chi connectivity index (χ1) is 11.5. The van der Waals surface area contributed by atoms with Crippen molar-refractivity contribution in [1.29, 1.82) is 0 Å². The molecular formula is C15H17N5O4. The summed E-state index contributed by atoms with van der Waals surface area (Å²) in [5, 5.41) is 0. The highest BCUT2D eigenvalue weighted by atomic mass is 16.6. The van der Waals surface area contributed by atoms with E-state index in [9.17, 15) is 9.59 Å². The predicted octanol–water partition coefficient (Wildman–Crippen LogP) is 0.764. The number of hydrogen-bond acceptors (Lipinski definition) is 8. The van der Waals surface area contributed by atoms with E-state index in [2.05, 4.69) is 15.0 Å². The maximum absolute atomic E-state index is 11.2. The van der Waals surface area contributed by atoms with Gasteiger partial charge in [0.15, 0.2) is 17.0 Å². The van der Waals surface area contributed by atoms with Crippen LogP contribution in [-0.2, 0) is 19.1 Å². The van der Waals surface area contributed by atoms with Crippen LogP contribution in [0.15, 0.2) is 18.2 Å². The molecule has 0 saturated heterocycles. The van der Waals surface area contributed by atoms with Gasteiger partial charge in [-0.2, -0.15) is 0 Å². The van der Waals surface area contributed by atoms with E-state index in [0.29, 0.717) is 17.0 Å². The number of esters is 2. The monoisotopic (exact) mass is 331 g/mol. The molecule has 3 rings (SSSR count). The molecule has 24 heavy (non-hydrogen) atoms. The van der Waals surface area contributed by atoms with Gasteiger partial charge in [-0.1, -0.05) is 0 Å². The topological polar surface area (TPSA) is 122 Å². The SMILES string of the molecule is CC(=O)OC[C@@H](OC(C)=O)[C@H]1C/C1=C\n1cnc2c(N)ncnc21. The quantitative estimate of drug-likeness (QED) is 0.797. The molecule has 1 aliphatic carbocycles. The Morgan fingerprint density at radius 2 is 2.17 bits per heavy atom. The van der Waals surface area contributed by atoms with Gasteiger partial charge in [-0.15, -0.1) is 0 Å². The number of fused-ring (bicyclic) bond motifs is 1. The summed E-state index contributed by atoms with van der Waals surface area (Å²) in [6.45, 7) is 2.68. The van der Waals surface area contributed by atoms with Crippen LogP contribution in [0.4, 0.5) is 5.82 Å². The second kappa shape index (κ2) is 6.26. The van der Waals surface area contributed by atoms with Crippen molar-refractivity contribution in [3.8, 4) is 0 Å². The number of ether oxygens (including phenoxy) is 2. The lowest BCUT2D eigenvalue weighted by Crippen LogP contribution is -2.25. The van der Waals surface area contributed by atoms with Crippen molar-refractivity contribution >= 4 is 35.1 Å². The third-order valence-electron chi connectivity index (χ3n) is 3.68. The predicted molar refractivity (Wildman–Crippen MR) is 84.3 cm³/mol. The van der Waals surface area contributed by atoms with E-state index >= 15 is 0 Å². The van der Waals surface area contributed by atoms with Gasteiger partial charge in [0.25, 0.3) is 0 Å². The fraction of sp³-hybridized carbons (Fsp3) is 0.400. The Hall–Kier alpha value is -2.97. The molecule has 2 aromatic heterocycles. The number of nitrogen functional groups attached to an aromatic ring is 1. The van der Waals surface area contributed by atoms with Crippen molar-refractivity contribution in [2.24, 2.45) is 5.92 Å². The van der Waals surface area contributed by atoms with E-state index in [1.54, 1.807) is 10.9 Å². The summed E-state index contributed by atoms with van der Waals surface area (Å²) in [5.41, 5.74) is 7.94. The standard InChI is InChI=1S/C15H17N5O4/c1-8(21)23-5-12(24-9(2)22)11-3-10(11)4-20-7-19-13-14(16)17-6-18-15(13)20/h4,6-7,11-12H,3,5H2,1-2H3,(H2,16,17,18)/b10-4+/t11-,12+/m0/s1. The Morgan fingerprint density at radius 3 is 2.88 bits per heavy atom. The zero-order valence-corrected chi connectivity index (χ0v) is 13.3. The van der Waals surface area contributed by atoms with Crippen LogP contribution in [0.5, 0.6) is 0 Å². The van der Waals surface area contributed by atoms with Gasteiger partial charge in [-0.25, -0.2) is 15.0 Å². The minimum Gasteiger partial charge on any atom is -0.462 e. The Labute approximate surface area is 137 Å². The highest BCUT2D eigenvalue weighted by molar-refractivity contribution is 5.82. The Balaban J connectivity index is 1.78. The van der Waals surface area contributed by atoms with Crippen molar-refractivity contribution in [2.45, 2.75) is 26.4 Å². The first kappa shape index (κ1) is 15.9. The molecule has 1 aliphatic rings. The molecule has 9 heteroatoms. The Morgan fingerprint density at radius 1 is 1.38 bits per heavy atom. The molecule has 0 aromatic carbocycles. The van der Waals surface area contributed by atoms with Gasteiger partial charge in [-0.3, -0.25) is 14.2 Å². The van der Waals surface area contributed by atoms with Crippen molar-refractivity contribution in [1.82, 2.24) is 19.5 Å². The molecule has 126 valence electrons. The molecular weight excluding hydrogens is 314 g/mol. The van der Waals surface area contributed by atoms with E-state index in [1.807, 2.05) is 6.20 Å². The van der Waals surface area contributed by atoms with Crippen LogP contribution in [0, 0.1) is 5.92 Å². The lowest BCUT2D eigenvalue weighted by Gasteiger charge is -2.15. The molecule has 1 fully saturated rings. The van der Waals surface area contributed by atoms with Crippen molar-refractivity contribution in [2.75, 3.05) is 12.3 Å². The van der Waals surface area contributed by atoms with E-state index in [-0.39, 0.29) is 12.5 Å². The average Bonchev–Trinajstić information content (AvgIpc) is 3.15. The molecule has 0 radical (unpaired) electrons. The number of carbonyl (C=O) groups is 2. The van der Waals surface area contributed by atoms with E-state index in [4.69, 9.17) is 15.2 Å². The molecule has 0 aliphatic heterocycles. The average molecular weight is 331 g/mol. The molecule has 2 atom stereocenters. The fourth-order valence-electron chi connectivity index (χ4n) is 2.50. The van der Waals surface area contributed by atoms with Gasteiger partial charge in [0.2, 0.25) is 0 Å². The van der Waals surface area contributed by atoms with Crippen molar-refractivity contribution in [3.63, 3.8) is 0 Å². The zero-order valence-electron chi connectivity index (χ0n) is 13.3. The molecule has 1 saturated carbocycles. The van der Waals surface area contributed by atoms with Crippen LogP contribution in [-0.4, -0.2) is 44.2 Å². The molecule has 0 bridgehead atoms. The lowest BCUT2D eigenvalue weighted by atomic mass is 10.2. The van der Waals surface area contributed by atoms with Crippen LogP contribution in [0.3, 0.4) is 0 Å². The molecule has 0 amide bonds. The first-order valence-electron chi connectivity index (χ1n) is 7.40. The van der Waals surface area contributed by atoms with Gasteiger partial charge in [0.05, 0.1) is 0 Å². The molecule has 2 aromatic rings. The summed E-state index contributed by atoms with van der Waals surface area (Å²) in [4.78, 5) is 34.5. The van der Waals surface area contributed by atoms with Crippen LogP contribution in [0.2, 0.25) is 0 Å². The number of nitrogens with two attached hydrogens (primary N) is 1. The summed E-state index contributed by atoms with van der Waals surface area (Å²) in [6, 6.07) is 0. The number of anilines is 1. The second-order valence-electron chi connectivity index (χ2n) is 5.55. The van der Waals surface area contributed by atoms with Crippen LogP contribution >= 0.6 is 0 Å². The second-order valence-corrected chi connectivity index (χ2v) is 5.55. The van der Waals surface area contributed by atoms with Gasteiger partial charge in [0, 0.05) is 26.0 Å². The maximum atomic E-state index is 11.2. The lowest BCUT2D eigenvalue weighted by molar-refractivity contribution is -0.157. The highest BCUT2D eigenvalue weighted by Crippen LogP contribution is 2.42. The van der Waals surface area contributed by atoms with E-state index in [1.165, 1.54) is 20.2 Å². The number of nitrogens with zero attached hydrogens (tertiary/aromatic N) is 4. The van der Waals surface area contributed by atoms with Crippen molar-refractivity contribution in [3.05, 3.63) is 18.2 Å². The minimum absolute atomic E-state index is 0.00452. The summed E-state index contributed by atoms with van der Waals surface area (Å²) in [6.07, 6.45) is 5.09. The Kier molecular flexibility index (Phi) is 4.15. The summed E-state index contributed by atoms with van der Waals surface area (Å²) < 4.78 is 12.0. The number of carbonyl (C=O) groups excluding carboxylic acids is 2.